The second kappa shape index (κ2) is 6.80. The molecule has 1 saturated carbocycles. The molecule has 1 fully saturated rings. The van der Waals surface area contributed by atoms with Crippen molar-refractivity contribution in [1.82, 2.24) is 5.32 Å². The van der Waals surface area contributed by atoms with E-state index in [1.165, 1.54) is 31.4 Å². The van der Waals surface area contributed by atoms with Crippen molar-refractivity contribution in [2.24, 2.45) is 0 Å². The summed E-state index contributed by atoms with van der Waals surface area (Å²) in [7, 11) is 4.27. The van der Waals surface area contributed by atoms with Crippen molar-refractivity contribution in [2.75, 3.05) is 25.6 Å². The second-order valence-corrected chi connectivity index (χ2v) is 5.31. The Morgan fingerprint density at radius 3 is 2.53 bits per heavy atom. The fourth-order valence-corrected chi connectivity index (χ4v) is 2.97. The van der Waals surface area contributed by atoms with Crippen molar-refractivity contribution < 1.29 is 4.74 Å². The summed E-state index contributed by atoms with van der Waals surface area (Å²) in [5.41, 5.74) is 1.22. The number of benzene rings is 1. The fourth-order valence-electron chi connectivity index (χ4n) is 2.97. The van der Waals surface area contributed by atoms with Crippen LogP contribution >= 0.6 is 0 Å². The molecule has 106 valence electrons. The molecule has 19 heavy (non-hydrogen) atoms. The summed E-state index contributed by atoms with van der Waals surface area (Å²) in [6.45, 7) is 2.76. The lowest BCUT2D eigenvalue weighted by Crippen LogP contribution is -2.40. The molecule has 2 rings (SSSR count). The highest BCUT2D eigenvalue weighted by Crippen LogP contribution is 2.32. The minimum Gasteiger partial charge on any atom is -0.492 e. The number of hydrogen-bond acceptors (Lipinski definition) is 3. The lowest BCUT2D eigenvalue weighted by Gasteiger charge is -2.36. The van der Waals surface area contributed by atoms with E-state index in [2.05, 4.69) is 42.5 Å². The molecule has 0 bridgehead atoms. The molecule has 0 spiro atoms. The van der Waals surface area contributed by atoms with Crippen LogP contribution in [-0.4, -0.2) is 32.8 Å². The SMILES string of the molecule is CCOc1ccccc1N(C)C1CCC(NC)CC1. The molecule has 0 heterocycles. The summed E-state index contributed by atoms with van der Waals surface area (Å²) >= 11 is 0. The van der Waals surface area contributed by atoms with Gasteiger partial charge in [0.1, 0.15) is 5.75 Å². The standard InChI is InChI=1S/C16H26N2O/c1-4-19-16-8-6-5-7-15(16)18(3)14-11-9-13(17-2)10-12-14/h5-8,13-14,17H,4,9-12H2,1-3H3. The number of nitrogens with zero attached hydrogens (tertiary/aromatic N) is 1. The third kappa shape index (κ3) is 3.41. The average Bonchev–Trinajstić information content (AvgIpc) is 2.47. The summed E-state index contributed by atoms with van der Waals surface area (Å²) in [6, 6.07) is 9.69. The van der Waals surface area contributed by atoms with E-state index in [0.29, 0.717) is 12.1 Å². The molecule has 3 heteroatoms. The van der Waals surface area contributed by atoms with E-state index in [1.54, 1.807) is 0 Å². The zero-order valence-electron chi connectivity index (χ0n) is 12.4. The van der Waals surface area contributed by atoms with Crippen LogP contribution in [0.3, 0.4) is 0 Å². The Morgan fingerprint density at radius 1 is 1.21 bits per heavy atom. The van der Waals surface area contributed by atoms with Crippen LogP contribution < -0.4 is 15.0 Å². The predicted octanol–water partition coefficient (Wildman–Crippen LogP) is 3.05. The van der Waals surface area contributed by atoms with Crippen LogP contribution in [-0.2, 0) is 0 Å². The minimum absolute atomic E-state index is 0.631. The zero-order chi connectivity index (χ0) is 13.7. The van der Waals surface area contributed by atoms with E-state index >= 15 is 0 Å². The molecule has 1 N–H and O–H groups in total. The molecule has 0 amide bonds. The number of nitrogens with one attached hydrogen (secondary N) is 1. The van der Waals surface area contributed by atoms with Crippen LogP contribution in [0.5, 0.6) is 5.75 Å². The van der Waals surface area contributed by atoms with Crippen molar-refractivity contribution in [3.8, 4) is 5.75 Å². The van der Waals surface area contributed by atoms with E-state index < -0.39 is 0 Å². The molecule has 0 atom stereocenters. The van der Waals surface area contributed by atoms with E-state index in [1.807, 2.05) is 13.0 Å². The number of rotatable bonds is 5. The van der Waals surface area contributed by atoms with Crippen LogP contribution in [0.2, 0.25) is 0 Å². The first-order chi connectivity index (χ1) is 9.26. The van der Waals surface area contributed by atoms with Crippen molar-refractivity contribution in [3.05, 3.63) is 24.3 Å². The Morgan fingerprint density at radius 2 is 1.89 bits per heavy atom. The Kier molecular flexibility index (Phi) is 5.08. The van der Waals surface area contributed by atoms with E-state index in [4.69, 9.17) is 4.74 Å². The van der Waals surface area contributed by atoms with Gasteiger partial charge in [-0.1, -0.05) is 12.1 Å². The number of ether oxygens (including phenoxy) is 1. The minimum atomic E-state index is 0.631. The van der Waals surface area contributed by atoms with Crippen LogP contribution in [0.1, 0.15) is 32.6 Å². The summed E-state index contributed by atoms with van der Waals surface area (Å²) in [6.07, 6.45) is 5.04. The predicted molar refractivity (Wildman–Crippen MR) is 81.1 cm³/mol. The first kappa shape index (κ1) is 14.2. The highest BCUT2D eigenvalue weighted by molar-refractivity contribution is 5.58. The van der Waals surface area contributed by atoms with Gasteiger partial charge in [0, 0.05) is 19.1 Å². The van der Waals surface area contributed by atoms with Crippen LogP contribution in [0.25, 0.3) is 0 Å². The normalized spacial score (nSPS) is 23.1. The molecule has 3 nitrogen and oxygen atoms in total. The van der Waals surface area contributed by atoms with Crippen molar-refractivity contribution in [1.29, 1.82) is 0 Å². The van der Waals surface area contributed by atoms with Gasteiger partial charge < -0.3 is 15.0 Å². The highest BCUT2D eigenvalue weighted by atomic mass is 16.5. The number of anilines is 1. The maximum absolute atomic E-state index is 5.74. The topological polar surface area (TPSA) is 24.5 Å². The molecule has 0 unspecified atom stereocenters. The van der Waals surface area contributed by atoms with Gasteiger partial charge in [-0.05, 0) is 51.8 Å². The fraction of sp³-hybridized carbons (Fsp3) is 0.625. The van der Waals surface area contributed by atoms with E-state index in [-0.39, 0.29) is 0 Å². The molecular weight excluding hydrogens is 236 g/mol. The number of hydrogen-bond donors (Lipinski definition) is 1. The highest BCUT2D eigenvalue weighted by Gasteiger charge is 2.24. The lowest BCUT2D eigenvalue weighted by molar-refractivity contribution is 0.331. The molecule has 0 radical (unpaired) electrons. The second-order valence-electron chi connectivity index (χ2n) is 5.31. The lowest BCUT2D eigenvalue weighted by atomic mass is 9.90. The van der Waals surface area contributed by atoms with Gasteiger partial charge in [-0.25, -0.2) is 0 Å². The van der Waals surface area contributed by atoms with Gasteiger partial charge in [-0.2, -0.15) is 0 Å². The zero-order valence-corrected chi connectivity index (χ0v) is 12.4. The summed E-state index contributed by atoms with van der Waals surface area (Å²) < 4.78 is 5.74. The first-order valence-electron chi connectivity index (χ1n) is 7.38. The third-order valence-corrected chi connectivity index (χ3v) is 4.20. The maximum Gasteiger partial charge on any atom is 0.142 e. The summed E-state index contributed by atoms with van der Waals surface area (Å²) in [5, 5.41) is 3.39. The average molecular weight is 262 g/mol. The van der Waals surface area contributed by atoms with E-state index in [9.17, 15) is 0 Å². The monoisotopic (exact) mass is 262 g/mol. The van der Waals surface area contributed by atoms with Gasteiger partial charge in [0.2, 0.25) is 0 Å². The van der Waals surface area contributed by atoms with Gasteiger partial charge >= 0.3 is 0 Å². The Labute approximate surface area is 116 Å². The molecule has 0 saturated heterocycles. The van der Waals surface area contributed by atoms with Crippen LogP contribution in [0.15, 0.2) is 24.3 Å². The Balaban J connectivity index is 2.05. The summed E-state index contributed by atoms with van der Waals surface area (Å²) in [4.78, 5) is 2.40. The molecule has 0 aliphatic heterocycles. The van der Waals surface area contributed by atoms with Gasteiger partial charge in [0.15, 0.2) is 0 Å². The van der Waals surface area contributed by atoms with Gasteiger partial charge in [-0.15, -0.1) is 0 Å². The first-order valence-corrected chi connectivity index (χ1v) is 7.38. The van der Waals surface area contributed by atoms with E-state index in [0.717, 1.165) is 12.4 Å². The van der Waals surface area contributed by atoms with Gasteiger partial charge in [-0.3, -0.25) is 0 Å². The maximum atomic E-state index is 5.74. The Hall–Kier alpha value is -1.22. The van der Waals surface area contributed by atoms with Gasteiger partial charge in [0.05, 0.1) is 12.3 Å². The molecular formula is C16H26N2O. The van der Waals surface area contributed by atoms with Gasteiger partial charge in [0.25, 0.3) is 0 Å². The van der Waals surface area contributed by atoms with Crippen molar-refractivity contribution in [3.63, 3.8) is 0 Å². The summed E-state index contributed by atoms with van der Waals surface area (Å²) in [5.74, 6) is 1.00. The molecule has 0 aromatic heterocycles. The van der Waals surface area contributed by atoms with Crippen molar-refractivity contribution in [2.45, 2.75) is 44.7 Å². The van der Waals surface area contributed by atoms with Crippen LogP contribution in [0.4, 0.5) is 5.69 Å². The molecule has 1 aliphatic carbocycles. The largest absolute Gasteiger partial charge is 0.492 e. The third-order valence-electron chi connectivity index (χ3n) is 4.20. The Bertz CT molecular complexity index is 386. The van der Waals surface area contributed by atoms with Crippen LogP contribution in [0, 0.1) is 0 Å². The van der Waals surface area contributed by atoms with Crippen molar-refractivity contribution >= 4 is 5.69 Å². The molecule has 1 aromatic carbocycles. The molecule has 1 aromatic rings. The smallest absolute Gasteiger partial charge is 0.142 e. The molecule has 1 aliphatic rings. The number of para-hydroxylation sites is 2. The quantitative estimate of drug-likeness (QED) is 0.882.